The van der Waals surface area contributed by atoms with Crippen LogP contribution in [0.25, 0.3) is 0 Å². The second kappa shape index (κ2) is 6.96. The molecule has 0 aromatic carbocycles. The zero-order valence-electron chi connectivity index (χ0n) is 13.0. The van der Waals surface area contributed by atoms with Crippen molar-refractivity contribution >= 4 is 5.97 Å². The van der Waals surface area contributed by atoms with Crippen molar-refractivity contribution in [3.05, 3.63) is 12.7 Å². The molecule has 0 fully saturated rings. The Labute approximate surface area is 113 Å². The van der Waals surface area contributed by atoms with Crippen molar-refractivity contribution in [1.82, 2.24) is 0 Å². The van der Waals surface area contributed by atoms with E-state index in [9.17, 15) is 4.79 Å². The molecule has 0 heterocycles. The first kappa shape index (κ1) is 17.2. The lowest BCUT2D eigenvalue weighted by atomic mass is 9.67. The number of esters is 1. The van der Waals surface area contributed by atoms with E-state index in [1.807, 2.05) is 13.8 Å². The Morgan fingerprint density at radius 2 is 1.83 bits per heavy atom. The molecule has 0 aliphatic heterocycles. The van der Waals surface area contributed by atoms with Gasteiger partial charge in [0.15, 0.2) is 0 Å². The summed E-state index contributed by atoms with van der Waals surface area (Å²) in [6, 6.07) is 0. The van der Waals surface area contributed by atoms with Gasteiger partial charge in [0.1, 0.15) is 5.60 Å². The van der Waals surface area contributed by atoms with Crippen molar-refractivity contribution in [2.75, 3.05) is 0 Å². The van der Waals surface area contributed by atoms with Crippen LogP contribution in [-0.2, 0) is 9.53 Å². The maximum atomic E-state index is 11.4. The van der Waals surface area contributed by atoms with E-state index in [0.29, 0.717) is 5.92 Å². The number of hydrogen-bond donors (Lipinski definition) is 0. The molecule has 0 rings (SSSR count). The molecule has 2 nitrogen and oxygen atoms in total. The van der Waals surface area contributed by atoms with Crippen LogP contribution in [0.1, 0.15) is 67.2 Å². The highest BCUT2D eigenvalue weighted by Gasteiger charge is 2.43. The summed E-state index contributed by atoms with van der Waals surface area (Å²) >= 11 is 0. The van der Waals surface area contributed by atoms with E-state index in [1.54, 1.807) is 0 Å². The van der Waals surface area contributed by atoms with E-state index in [1.165, 1.54) is 31.8 Å². The third-order valence-electron chi connectivity index (χ3n) is 4.55. The van der Waals surface area contributed by atoms with Crippen LogP contribution in [0.2, 0.25) is 0 Å². The fourth-order valence-electron chi connectivity index (χ4n) is 2.08. The van der Waals surface area contributed by atoms with Gasteiger partial charge < -0.3 is 4.74 Å². The molecule has 0 spiro atoms. The lowest BCUT2D eigenvalue weighted by molar-refractivity contribution is -0.167. The third-order valence-corrected chi connectivity index (χ3v) is 4.55. The van der Waals surface area contributed by atoms with Crippen molar-refractivity contribution in [2.45, 2.75) is 72.8 Å². The smallest absolute Gasteiger partial charge is 0.330 e. The first-order valence-corrected chi connectivity index (χ1v) is 7.04. The average Bonchev–Trinajstić information content (AvgIpc) is 2.28. The van der Waals surface area contributed by atoms with Gasteiger partial charge in [0.05, 0.1) is 0 Å². The molecule has 0 aliphatic carbocycles. The molecule has 0 aliphatic rings. The number of ether oxygens (including phenoxy) is 1. The molecule has 0 saturated heterocycles. The highest BCUT2D eigenvalue weighted by Crippen LogP contribution is 2.42. The molecule has 1 atom stereocenters. The number of carbonyl (C=O) groups is 1. The Morgan fingerprint density at radius 3 is 2.28 bits per heavy atom. The Balaban J connectivity index is 4.65. The van der Waals surface area contributed by atoms with Crippen LogP contribution >= 0.6 is 0 Å². The molecule has 0 aromatic rings. The monoisotopic (exact) mass is 254 g/mol. The molecule has 0 amide bonds. The zero-order chi connectivity index (χ0) is 14.4. The quantitative estimate of drug-likeness (QED) is 0.355. The lowest BCUT2D eigenvalue weighted by Gasteiger charge is -2.45. The van der Waals surface area contributed by atoms with Gasteiger partial charge in [0.2, 0.25) is 0 Å². The summed E-state index contributed by atoms with van der Waals surface area (Å²) < 4.78 is 5.52. The van der Waals surface area contributed by atoms with E-state index in [-0.39, 0.29) is 11.4 Å². The number of carbonyl (C=O) groups excluding carboxylic acids is 1. The minimum absolute atomic E-state index is 0.0561. The minimum Gasteiger partial charge on any atom is -0.456 e. The van der Waals surface area contributed by atoms with Gasteiger partial charge in [-0.15, -0.1) is 0 Å². The Hall–Kier alpha value is -0.790. The van der Waals surface area contributed by atoms with Gasteiger partial charge in [-0.2, -0.15) is 0 Å². The van der Waals surface area contributed by atoms with Crippen LogP contribution in [0.15, 0.2) is 12.7 Å². The van der Waals surface area contributed by atoms with Crippen molar-refractivity contribution in [2.24, 2.45) is 11.3 Å². The summed E-state index contributed by atoms with van der Waals surface area (Å²) in [5, 5.41) is 0. The van der Waals surface area contributed by atoms with E-state index in [2.05, 4.69) is 34.3 Å². The van der Waals surface area contributed by atoms with Gasteiger partial charge in [-0.3, -0.25) is 0 Å². The number of unbranched alkanes of at least 4 members (excludes halogenated alkanes) is 2. The zero-order valence-corrected chi connectivity index (χ0v) is 13.0. The third kappa shape index (κ3) is 4.47. The normalized spacial score (nSPS) is 14.1. The van der Waals surface area contributed by atoms with Crippen molar-refractivity contribution in [1.29, 1.82) is 0 Å². The fraction of sp³-hybridized carbons (Fsp3) is 0.812. The molecule has 2 heteroatoms. The maximum Gasteiger partial charge on any atom is 0.330 e. The van der Waals surface area contributed by atoms with Gasteiger partial charge >= 0.3 is 5.97 Å². The topological polar surface area (TPSA) is 26.3 Å². The molecular formula is C16H30O2. The molecule has 18 heavy (non-hydrogen) atoms. The lowest BCUT2D eigenvalue weighted by Crippen LogP contribution is -2.46. The van der Waals surface area contributed by atoms with Gasteiger partial charge in [-0.25, -0.2) is 4.79 Å². The van der Waals surface area contributed by atoms with Crippen LogP contribution in [0.4, 0.5) is 0 Å². The van der Waals surface area contributed by atoms with Crippen LogP contribution in [0, 0.1) is 11.3 Å². The second-order valence-electron chi connectivity index (χ2n) is 6.25. The number of rotatable bonds is 8. The minimum atomic E-state index is -0.482. The van der Waals surface area contributed by atoms with E-state index in [0.717, 1.165) is 0 Å². The summed E-state index contributed by atoms with van der Waals surface area (Å²) in [5.41, 5.74) is -0.538. The Bertz CT molecular complexity index is 277. The Kier molecular flexibility index (Phi) is 6.66. The second-order valence-corrected chi connectivity index (χ2v) is 6.25. The van der Waals surface area contributed by atoms with Crippen LogP contribution < -0.4 is 0 Å². The van der Waals surface area contributed by atoms with Gasteiger partial charge in [-0.05, 0) is 19.8 Å². The van der Waals surface area contributed by atoms with E-state index < -0.39 is 5.60 Å². The Morgan fingerprint density at radius 1 is 1.28 bits per heavy atom. The summed E-state index contributed by atoms with van der Waals surface area (Å²) in [5.74, 6) is 0.172. The first-order valence-electron chi connectivity index (χ1n) is 7.04. The molecule has 1 unspecified atom stereocenters. The predicted molar refractivity (Wildman–Crippen MR) is 77.5 cm³/mol. The molecule has 0 radical (unpaired) electrons. The molecular weight excluding hydrogens is 224 g/mol. The summed E-state index contributed by atoms with van der Waals surface area (Å²) in [4.78, 5) is 11.4. The van der Waals surface area contributed by atoms with Crippen LogP contribution in [0.5, 0.6) is 0 Å². The van der Waals surface area contributed by atoms with Crippen molar-refractivity contribution in [3.8, 4) is 0 Å². The predicted octanol–water partition coefficient (Wildman–Crippen LogP) is 4.74. The molecule has 0 saturated carbocycles. The van der Waals surface area contributed by atoms with E-state index >= 15 is 0 Å². The summed E-state index contributed by atoms with van der Waals surface area (Å²) in [7, 11) is 0. The van der Waals surface area contributed by atoms with Gasteiger partial charge in [0, 0.05) is 11.5 Å². The fourth-order valence-corrected chi connectivity index (χ4v) is 2.08. The molecule has 0 bridgehead atoms. The summed E-state index contributed by atoms with van der Waals surface area (Å²) in [6.07, 6.45) is 6.16. The van der Waals surface area contributed by atoms with E-state index in [4.69, 9.17) is 4.74 Å². The maximum absolute atomic E-state index is 11.4. The highest BCUT2D eigenvalue weighted by atomic mass is 16.6. The van der Waals surface area contributed by atoms with Crippen LogP contribution in [-0.4, -0.2) is 11.6 Å². The standard InChI is InChI=1S/C16H30O2/c1-8-10-11-12-13(3)15(4,5)16(6,7)18-14(17)9-2/h9,13H,2,8,10-12H2,1,3-7H3. The van der Waals surface area contributed by atoms with Crippen LogP contribution in [0.3, 0.4) is 0 Å². The largest absolute Gasteiger partial charge is 0.456 e. The van der Waals surface area contributed by atoms with Crippen molar-refractivity contribution < 1.29 is 9.53 Å². The first-order chi connectivity index (χ1) is 8.19. The highest BCUT2D eigenvalue weighted by molar-refractivity contribution is 5.81. The molecule has 106 valence electrons. The van der Waals surface area contributed by atoms with Gasteiger partial charge in [0.25, 0.3) is 0 Å². The number of hydrogen-bond acceptors (Lipinski definition) is 2. The van der Waals surface area contributed by atoms with Gasteiger partial charge in [-0.1, -0.05) is 60.0 Å². The summed E-state index contributed by atoms with van der Waals surface area (Å²) in [6.45, 7) is 16.3. The average molecular weight is 254 g/mol. The molecule has 0 N–H and O–H groups in total. The van der Waals surface area contributed by atoms with Crippen molar-refractivity contribution in [3.63, 3.8) is 0 Å². The molecule has 0 aromatic heterocycles. The SMILES string of the molecule is C=CC(=O)OC(C)(C)C(C)(C)C(C)CCCCC.